The molecule has 0 radical (unpaired) electrons. The molecular weight excluding hydrogens is 284 g/mol. The van der Waals surface area contributed by atoms with Crippen LogP contribution in [0, 0.1) is 13.8 Å². The van der Waals surface area contributed by atoms with Crippen molar-refractivity contribution in [2.24, 2.45) is 0 Å². The first-order valence-corrected chi connectivity index (χ1v) is 6.04. The smallest absolute Gasteiger partial charge is 0.223 e. The van der Waals surface area contributed by atoms with E-state index in [4.69, 9.17) is 4.52 Å². The van der Waals surface area contributed by atoms with Crippen LogP contribution in [0.25, 0.3) is 0 Å². The maximum absolute atomic E-state index is 5.13. The van der Waals surface area contributed by atoms with E-state index >= 15 is 0 Å². The van der Waals surface area contributed by atoms with Gasteiger partial charge in [-0.05, 0) is 36.7 Å². The van der Waals surface area contributed by atoms with Crippen LogP contribution in [0.2, 0.25) is 0 Å². The van der Waals surface area contributed by atoms with Crippen LogP contribution in [0.1, 0.15) is 30.0 Å². The molecule has 6 heteroatoms. The zero-order valence-corrected chi connectivity index (χ0v) is 11.4. The molecule has 2 heterocycles. The Bertz CT molecular complexity index is 489. The van der Waals surface area contributed by atoms with Gasteiger partial charge in [0.1, 0.15) is 5.76 Å². The molecule has 2 aromatic rings. The Morgan fingerprint density at radius 3 is 2.47 bits per heavy atom. The summed E-state index contributed by atoms with van der Waals surface area (Å²) in [5.74, 6) is 1.40. The van der Waals surface area contributed by atoms with Crippen LogP contribution in [-0.2, 0) is 0 Å². The van der Waals surface area contributed by atoms with E-state index in [1.165, 1.54) is 0 Å². The van der Waals surface area contributed by atoms with Crippen molar-refractivity contribution in [3.8, 4) is 0 Å². The summed E-state index contributed by atoms with van der Waals surface area (Å²) in [5, 5.41) is 7.14. The fourth-order valence-electron chi connectivity index (χ4n) is 1.76. The fraction of sp³-hybridized carbons (Fsp3) is 0.364. The van der Waals surface area contributed by atoms with Gasteiger partial charge in [0, 0.05) is 18.0 Å². The van der Waals surface area contributed by atoms with Crippen molar-refractivity contribution in [1.29, 1.82) is 0 Å². The molecule has 17 heavy (non-hydrogen) atoms. The summed E-state index contributed by atoms with van der Waals surface area (Å²) in [6.45, 7) is 5.85. The predicted octanol–water partition coefficient (Wildman–Crippen LogP) is 3.02. The molecule has 0 aliphatic carbocycles. The van der Waals surface area contributed by atoms with Gasteiger partial charge in [-0.2, -0.15) is 0 Å². The second-order valence-electron chi connectivity index (χ2n) is 3.83. The van der Waals surface area contributed by atoms with Gasteiger partial charge in [0.05, 0.1) is 16.2 Å². The highest BCUT2D eigenvalue weighted by Gasteiger charge is 2.16. The highest BCUT2D eigenvalue weighted by Crippen LogP contribution is 2.23. The minimum Gasteiger partial charge on any atom is -0.361 e. The number of aryl methyl sites for hydroxylation is 2. The summed E-state index contributed by atoms with van der Waals surface area (Å²) in [6.07, 6.45) is 3.41. The van der Waals surface area contributed by atoms with Crippen molar-refractivity contribution in [3.05, 3.63) is 33.9 Å². The van der Waals surface area contributed by atoms with Crippen molar-refractivity contribution >= 4 is 21.9 Å². The number of rotatable bonds is 3. The lowest BCUT2D eigenvalue weighted by Crippen LogP contribution is -2.10. The van der Waals surface area contributed by atoms with Crippen LogP contribution < -0.4 is 5.32 Å². The predicted molar refractivity (Wildman–Crippen MR) is 67.7 cm³/mol. The average Bonchev–Trinajstić information content (AvgIpc) is 2.62. The average molecular weight is 297 g/mol. The Kier molecular flexibility index (Phi) is 3.42. The Morgan fingerprint density at radius 2 is 1.94 bits per heavy atom. The maximum atomic E-state index is 5.13. The summed E-state index contributed by atoms with van der Waals surface area (Å²) in [7, 11) is 0. The lowest BCUT2D eigenvalue weighted by Gasteiger charge is -2.13. The minimum atomic E-state index is 0.0578. The van der Waals surface area contributed by atoms with Crippen molar-refractivity contribution < 1.29 is 4.52 Å². The van der Waals surface area contributed by atoms with Gasteiger partial charge in [0.15, 0.2) is 0 Å². The van der Waals surface area contributed by atoms with Gasteiger partial charge in [-0.3, -0.25) is 0 Å². The van der Waals surface area contributed by atoms with Crippen molar-refractivity contribution in [2.45, 2.75) is 26.8 Å². The Labute approximate surface area is 108 Å². The number of nitrogens with one attached hydrogen (secondary N) is 1. The number of anilines is 1. The molecule has 5 nitrogen and oxygen atoms in total. The van der Waals surface area contributed by atoms with Gasteiger partial charge in [-0.15, -0.1) is 0 Å². The lowest BCUT2D eigenvalue weighted by molar-refractivity contribution is 0.392. The summed E-state index contributed by atoms with van der Waals surface area (Å²) in [6, 6.07) is 0.0578. The van der Waals surface area contributed by atoms with Crippen molar-refractivity contribution in [3.63, 3.8) is 0 Å². The molecule has 0 aromatic carbocycles. The number of nitrogens with zero attached hydrogens (tertiary/aromatic N) is 3. The summed E-state index contributed by atoms with van der Waals surface area (Å²) < 4.78 is 5.99. The van der Waals surface area contributed by atoms with E-state index in [9.17, 15) is 0 Å². The van der Waals surface area contributed by atoms with Crippen LogP contribution in [-0.4, -0.2) is 15.1 Å². The number of halogens is 1. The molecule has 1 unspecified atom stereocenters. The Balaban J connectivity index is 2.17. The topological polar surface area (TPSA) is 63.8 Å². The molecule has 0 fully saturated rings. The summed E-state index contributed by atoms with van der Waals surface area (Å²) >= 11 is 3.30. The quantitative estimate of drug-likeness (QED) is 0.943. The summed E-state index contributed by atoms with van der Waals surface area (Å²) in [5.41, 5.74) is 1.94. The third-order valence-corrected chi connectivity index (χ3v) is 2.90. The van der Waals surface area contributed by atoms with Crippen LogP contribution >= 0.6 is 15.9 Å². The van der Waals surface area contributed by atoms with Crippen LogP contribution in [0.4, 0.5) is 5.95 Å². The van der Waals surface area contributed by atoms with E-state index in [-0.39, 0.29) is 6.04 Å². The summed E-state index contributed by atoms with van der Waals surface area (Å²) in [4.78, 5) is 8.33. The molecule has 2 aromatic heterocycles. The number of hydrogen-bond donors (Lipinski definition) is 1. The molecular formula is C11H13BrN4O. The van der Waals surface area contributed by atoms with E-state index < -0.39 is 0 Å². The standard InChI is InChI=1S/C11H13BrN4O/c1-6(10-7(2)16-17-8(10)3)15-11-13-4-9(12)5-14-11/h4-6H,1-3H3,(H,13,14,15). The number of aromatic nitrogens is 3. The fourth-order valence-corrected chi connectivity index (χ4v) is 1.97. The Hall–Kier alpha value is -1.43. The highest BCUT2D eigenvalue weighted by atomic mass is 79.9. The van der Waals surface area contributed by atoms with Gasteiger partial charge in [0.25, 0.3) is 0 Å². The van der Waals surface area contributed by atoms with Gasteiger partial charge >= 0.3 is 0 Å². The van der Waals surface area contributed by atoms with E-state index in [1.54, 1.807) is 12.4 Å². The third-order valence-electron chi connectivity index (χ3n) is 2.49. The van der Waals surface area contributed by atoms with E-state index in [0.29, 0.717) is 5.95 Å². The highest BCUT2D eigenvalue weighted by molar-refractivity contribution is 9.10. The van der Waals surface area contributed by atoms with Gasteiger partial charge in [-0.25, -0.2) is 9.97 Å². The maximum Gasteiger partial charge on any atom is 0.223 e. The normalized spacial score (nSPS) is 12.5. The van der Waals surface area contributed by atoms with E-state index in [0.717, 1.165) is 21.5 Å². The van der Waals surface area contributed by atoms with Gasteiger partial charge in [-0.1, -0.05) is 5.16 Å². The first-order valence-electron chi connectivity index (χ1n) is 5.24. The lowest BCUT2D eigenvalue weighted by atomic mass is 10.1. The number of hydrogen-bond acceptors (Lipinski definition) is 5. The van der Waals surface area contributed by atoms with Crippen LogP contribution in [0.5, 0.6) is 0 Å². The van der Waals surface area contributed by atoms with Crippen molar-refractivity contribution in [2.75, 3.05) is 5.32 Å². The molecule has 1 N–H and O–H groups in total. The first-order chi connectivity index (χ1) is 8.08. The van der Waals surface area contributed by atoms with Gasteiger partial charge < -0.3 is 9.84 Å². The van der Waals surface area contributed by atoms with Crippen LogP contribution in [0.15, 0.2) is 21.4 Å². The van der Waals surface area contributed by atoms with Crippen molar-refractivity contribution in [1.82, 2.24) is 15.1 Å². The molecule has 0 amide bonds. The van der Waals surface area contributed by atoms with Gasteiger partial charge in [0.2, 0.25) is 5.95 Å². The van der Waals surface area contributed by atoms with E-state index in [1.807, 2.05) is 20.8 Å². The third kappa shape index (κ3) is 2.63. The molecule has 0 aliphatic rings. The molecule has 2 rings (SSSR count). The molecule has 90 valence electrons. The first kappa shape index (κ1) is 12.0. The van der Waals surface area contributed by atoms with E-state index in [2.05, 4.69) is 36.4 Å². The largest absolute Gasteiger partial charge is 0.361 e. The molecule has 0 spiro atoms. The molecule has 0 bridgehead atoms. The molecule has 0 saturated carbocycles. The minimum absolute atomic E-state index is 0.0578. The second-order valence-corrected chi connectivity index (χ2v) is 4.74. The monoisotopic (exact) mass is 296 g/mol. The Morgan fingerprint density at radius 1 is 1.29 bits per heavy atom. The van der Waals surface area contributed by atoms with Crippen LogP contribution in [0.3, 0.4) is 0 Å². The SMILES string of the molecule is Cc1noc(C)c1C(C)Nc1ncc(Br)cn1. The molecule has 1 atom stereocenters. The molecule has 0 saturated heterocycles. The second kappa shape index (κ2) is 4.83. The zero-order chi connectivity index (χ0) is 12.4. The molecule has 0 aliphatic heterocycles. The zero-order valence-electron chi connectivity index (χ0n) is 9.86.